The van der Waals surface area contributed by atoms with Crippen LogP contribution in [-0.2, 0) is 0 Å². The second-order valence-corrected chi connectivity index (χ2v) is 4.34. The highest BCUT2D eigenvalue weighted by Gasteiger charge is 2.10. The van der Waals surface area contributed by atoms with Crippen LogP contribution in [0.1, 0.15) is 18.5 Å². The van der Waals surface area contributed by atoms with E-state index in [1.165, 1.54) is 12.3 Å². The minimum Gasteiger partial charge on any atom is -0.493 e. The molecule has 1 aromatic carbocycles. The van der Waals surface area contributed by atoms with Crippen molar-refractivity contribution in [2.24, 2.45) is 0 Å². The number of methoxy groups -OCH3 is 2. The number of pyridine rings is 1. The number of nitrogens with one attached hydrogen (secondary N) is 1. The Bertz CT molecular complexity index is 573. The summed E-state index contributed by atoms with van der Waals surface area (Å²) < 4.78 is 23.3. The highest BCUT2D eigenvalue weighted by atomic mass is 19.1. The van der Waals surface area contributed by atoms with E-state index in [1.54, 1.807) is 20.3 Å². The van der Waals surface area contributed by atoms with E-state index in [2.05, 4.69) is 10.3 Å². The molecular formula is C15H17FN2O2. The molecule has 0 bridgehead atoms. The minimum atomic E-state index is -0.352. The Kier molecular flexibility index (Phi) is 4.40. The maximum Gasteiger partial charge on any atom is 0.161 e. The van der Waals surface area contributed by atoms with Gasteiger partial charge in [0.1, 0.15) is 11.6 Å². The summed E-state index contributed by atoms with van der Waals surface area (Å²) in [6.45, 7) is 1.99. The molecule has 0 radical (unpaired) electrons. The molecular weight excluding hydrogens is 259 g/mol. The van der Waals surface area contributed by atoms with Crippen LogP contribution in [0, 0.1) is 5.82 Å². The lowest BCUT2D eigenvalue weighted by Crippen LogP contribution is -2.08. The molecule has 1 N–H and O–H groups in total. The summed E-state index contributed by atoms with van der Waals surface area (Å²) >= 11 is 0. The van der Waals surface area contributed by atoms with Crippen molar-refractivity contribution in [2.75, 3.05) is 19.5 Å². The fraction of sp³-hybridized carbons (Fsp3) is 0.267. The summed E-state index contributed by atoms with van der Waals surface area (Å²) in [7, 11) is 3.20. The van der Waals surface area contributed by atoms with Crippen LogP contribution < -0.4 is 14.8 Å². The molecule has 0 spiro atoms. The van der Waals surface area contributed by atoms with Gasteiger partial charge in [0.25, 0.3) is 0 Å². The molecule has 2 aromatic rings. The predicted molar refractivity (Wildman–Crippen MR) is 75.8 cm³/mol. The van der Waals surface area contributed by atoms with Gasteiger partial charge in [-0.15, -0.1) is 0 Å². The van der Waals surface area contributed by atoms with Gasteiger partial charge in [0.15, 0.2) is 11.5 Å². The third-order valence-corrected chi connectivity index (χ3v) is 3.00. The number of nitrogens with zero attached hydrogens (tertiary/aromatic N) is 1. The van der Waals surface area contributed by atoms with Crippen molar-refractivity contribution >= 4 is 5.82 Å². The van der Waals surface area contributed by atoms with E-state index < -0.39 is 0 Å². The Balaban J connectivity index is 2.16. The van der Waals surface area contributed by atoms with Gasteiger partial charge >= 0.3 is 0 Å². The maximum absolute atomic E-state index is 12.8. The van der Waals surface area contributed by atoms with Crippen molar-refractivity contribution in [3.8, 4) is 11.5 Å². The lowest BCUT2D eigenvalue weighted by atomic mass is 10.1. The van der Waals surface area contributed by atoms with Gasteiger partial charge in [0.2, 0.25) is 0 Å². The first-order valence-corrected chi connectivity index (χ1v) is 6.24. The van der Waals surface area contributed by atoms with Crippen LogP contribution in [0.4, 0.5) is 10.2 Å². The highest BCUT2D eigenvalue weighted by molar-refractivity contribution is 5.46. The van der Waals surface area contributed by atoms with E-state index in [4.69, 9.17) is 9.47 Å². The topological polar surface area (TPSA) is 43.4 Å². The molecule has 106 valence electrons. The molecule has 0 saturated carbocycles. The quantitative estimate of drug-likeness (QED) is 0.908. The third kappa shape index (κ3) is 3.17. The van der Waals surface area contributed by atoms with Crippen LogP contribution >= 0.6 is 0 Å². The molecule has 20 heavy (non-hydrogen) atoms. The molecule has 0 amide bonds. The van der Waals surface area contributed by atoms with Crippen molar-refractivity contribution in [3.05, 3.63) is 47.9 Å². The van der Waals surface area contributed by atoms with Crippen LogP contribution in [0.15, 0.2) is 36.5 Å². The zero-order valence-corrected chi connectivity index (χ0v) is 11.7. The summed E-state index contributed by atoms with van der Waals surface area (Å²) in [5.74, 6) is 1.62. The predicted octanol–water partition coefficient (Wildman–Crippen LogP) is 3.41. The molecule has 1 heterocycles. The fourth-order valence-electron chi connectivity index (χ4n) is 1.89. The monoisotopic (exact) mass is 276 g/mol. The Morgan fingerprint density at radius 3 is 2.45 bits per heavy atom. The van der Waals surface area contributed by atoms with Gasteiger partial charge in [-0.2, -0.15) is 0 Å². The van der Waals surface area contributed by atoms with Crippen LogP contribution in [0.5, 0.6) is 11.5 Å². The van der Waals surface area contributed by atoms with Crippen molar-refractivity contribution in [1.82, 2.24) is 4.98 Å². The number of anilines is 1. The normalized spacial score (nSPS) is 11.8. The van der Waals surface area contributed by atoms with Gasteiger partial charge in [-0.1, -0.05) is 6.07 Å². The van der Waals surface area contributed by atoms with Crippen molar-refractivity contribution in [3.63, 3.8) is 0 Å². The Labute approximate surface area is 117 Å². The standard InChI is InChI=1S/C15H17FN2O2/c1-10(18-15-7-5-12(16)9-17-15)11-4-6-13(19-2)14(8-11)20-3/h4-10H,1-3H3,(H,17,18). The lowest BCUT2D eigenvalue weighted by Gasteiger charge is -2.17. The zero-order valence-electron chi connectivity index (χ0n) is 11.7. The number of ether oxygens (including phenoxy) is 2. The number of aromatic nitrogens is 1. The Morgan fingerprint density at radius 1 is 1.10 bits per heavy atom. The Hall–Kier alpha value is -2.30. The molecule has 0 saturated heterocycles. The molecule has 1 atom stereocenters. The molecule has 2 rings (SSSR count). The van der Waals surface area contributed by atoms with E-state index in [0.29, 0.717) is 17.3 Å². The van der Waals surface area contributed by atoms with Gasteiger partial charge in [0.05, 0.1) is 26.5 Å². The first kappa shape index (κ1) is 14.1. The summed E-state index contributed by atoms with van der Waals surface area (Å²) in [6, 6.07) is 8.68. The van der Waals surface area contributed by atoms with E-state index in [9.17, 15) is 4.39 Å². The third-order valence-electron chi connectivity index (χ3n) is 3.00. The van der Waals surface area contributed by atoms with E-state index in [-0.39, 0.29) is 11.9 Å². The number of hydrogen-bond donors (Lipinski definition) is 1. The van der Waals surface area contributed by atoms with E-state index >= 15 is 0 Å². The lowest BCUT2D eigenvalue weighted by molar-refractivity contribution is 0.354. The first-order chi connectivity index (χ1) is 9.63. The van der Waals surface area contributed by atoms with Crippen molar-refractivity contribution in [2.45, 2.75) is 13.0 Å². The van der Waals surface area contributed by atoms with Crippen LogP contribution in [0.3, 0.4) is 0 Å². The van der Waals surface area contributed by atoms with Crippen LogP contribution in [0.25, 0.3) is 0 Å². The number of benzene rings is 1. The molecule has 1 aromatic heterocycles. The number of rotatable bonds is 5. The van der Waals surface area contributed by atoms with Crippen molar-refractivity contribution in [1.29, 1.82) is 0 Å². The van der Waals surface area contributed by atoms with Gasteiger partial charge < -0.3 is 14.8 Å². The molecule has 0 fully saturated rings. The fourth-order valence-corrected chi connectivity index (χ4v) is 1.89. The molecule has 4 nitrogen and oxygen atoms in total. The molecule has 5 heteroatoms. The van der Waals surface area contributed by atoms with Gasteiger partial charge in [-0.3, -0.25) is 0 Å². The average molecular weight is 276 g/mol. The second kappa shape index (κ2) is 6.23. The molecule has 1 unspecified atom stereocenters. The first-order valence-electron chi connectivity index (χ1n) is 6.24. The average Bonchev–Trinajstić information content (AvgIpc) is 2.48. The summed E-state index contributed by atoms with van der Waals surface area (Å²) in [6.07, 6.45) is 1.18. The van der Waals surface area contributed by atoms with Crippen molar-refractivity contribution < 1.29 is 13.9 Å². The Morgan fingerprint density at radius 2 is 1.85 bits per heavy atom. The minimum absolute atomic E-state index is 0.00719. The molecule has 0 aliphatic carbocycles. The largest absolute Gasteiger partial charge is 0.493 e. The van der Waals surface area contributed by atoms with E-state index in [0.717, 1.165) is 5.56 Å². The van der Waals surface area contributed by atoms with Crippen LogP contribution in [0.2, 0.25) is 0 Å². The smallest absolute Gasteiger partial charge is 0.161 e. The van der Waals surface area contributed by atoms with Gasteiger partial charge in [-0.05, 0) is 36.8 Å². The maximum atomic E-state index is 12.8. The van der Waals surface area contributed by atoms with Gasteiger partial charge in [0, 0.05) is 0 Å². The number of halogens is 1. The zero-order chi connectivity index (χ0) is 14.5. The summed E-state index contributed by atoms with van der Waals surface area (Å²) in [4.78, 5) is 3.98. The SMILES string of the molecule is COc1ccc(C(C)Nc2ccc(F)cn2)cc1OC. The molecule has 0 aliphatic rings. The van der Waals surface area contributed by atoms with E-state index in [1.807, 2.05) is 25.1 Å². The highest BCUT2D eigenvalue weighted by Crippen LogP contribution is 2.30. The summed E-state index contributed by atoms with van der Waals surface area (Å²) in [5, 5.41) is 3.20. The second-order valence-electron chi connectivity index (χ2n) is 4.34. The molecule has 0 aliphatic heterocycles. The van der Waals surface area contributed by atoms with Gasteiger partial charge in [-0.25, -0.2) is 9.37 Å². The summed E-state index contributed by atoms with van der Waals surface area (Å²) in [5.41, 5.74) is 1.02. The number of hydrogen-bond acceptors (Lipinski definition) is 4. The van der Waals surface area contributed by atoms with Crippen LogP contribution in [-0.4, -0.2) is 19.2 Å².